The Bertz CT molecular complexity index is 1880. The van der Waals surface area contributed by atoms with Crippen molar-refractivity contribution in [1.82, 2.24) is 0 Å². The van der Waals surface area contributed by atoms with Gasteiger partial charge in [0.25, 0.3) is 0 Å². The van der Waals surface area contributed by atoms with E-state index in [1.54, 1.807) is 0 Å². The number of phosphoric acid groups is 2. The summed E-state index contributed by atoms with van der Waals surface area (Å²) in [6.45, 7) is 7.12. The summed E-state index contributed by atoms with van der Waals surface area (Å²) in [6, 6.07) is 0. The van der Waals surface area contributed by atoms with Crippen molar-refractivity contribution < 1.29 is 80.2 Å². The maximum atomic E-state index is 13.1. The number of hydrogen-bond acceptors (Lipinski definition) is 15. The minimum absolute atomic E-state index is 0.101. The van der Waals surface area contributed by atoms with Crippen LogP contribution in [0.3, 0.4) is 0 Å². The molecule has 0 aliphatic rings. The Morgan fingerprint density at radius 1 is 0.333 bits per heavy atom. The van der Waals surface area contributed by atoms with Gasteiger partial charge in [-0.3, -0.25) is 37.3 Å². The monoisotopic (exact) mass is 1360 g/mol. The lowest BCUT2D eigenvalue weighted by atomic mass is 10.0. The molecule has 0 amide bonds. The van der Waals surface area contributed by atoms with Gasteiger partial charge in [0, 0.05) is 25.7 Å². The van der Waals surface area contributed by atoms with Crippen molar-refractivity contribution in [2.24, 2.45) is 5.92 Å². The molecule has 0 radical (unpaired) electrons. The highest BCUT2D eigenvalue weighted by Gasteiger charge is 2.30. The Kier molecular flexibility index (Phi) is 65.0. The van der Waals surface area contributed by atoms with E-state index in [4.69, 9.17) is 37.0 Å². The number of hydrogen-bond donors (Lipinski definition) is 3. The van der Waals surface area contributed by atoms with E-state index in [0.717, 1.165) is 109 Å². The van der Waals surface area contributed by atoms with Crippen LogP contribution < -0.4 is 0 Å². The molecule has 548 valence electrons. The predicted molar refractivity (Wildman–Crippen MR) is 377 cm³/mol. The number of aliphatic hydroxyl groups is 1. The molecule has 0 bridgehead atoms. The van der Waals surface area contributed by atoms with Crippen LogP contribution in [0.4, 0.5) is 0 Å². The summed E-state index contributed by atoms with van der Waals surface area (Å²) >= 11 is 0. The highest BCUT2D eigenvalue weighted by atomic mass is 31.2. The molecule has 0 aromatic carbocycles. The maximum absolute atomic E-state index is 13.1. The molecule has 2 unspecified atom stereocenters. The van der Waals surface area contributed by atoms with Gasteiger partial charge in [-0.1, -0.05) is 309 Å². The van der Waals surface area contributed by atoms with E-state index in [-0.39, 0.29) is 25.7 Å². The van der Waals surface area contributed by atoms with E-state index in [0.29, 0.717) is 31.6 Å². The molecule has 0 saturated carbocycles. The summed E-state index contributed by atoms with van der Waals surface area (Å²) in [7, 11) is -9.91. The number of phosphoric ester groups is 2. The van der Waals surface area contributed by atoms with Crippen LogP contribution >= 0.6 is 15.6 Å². The van der Waals surface area contributed by atoms with Crippen LogP contribution in [-0.2, 0) is 65.4 Å². The first-order valence-electron chi connectivity index (χ1n) is 38.0. The van der Waals surface area contributed by atoms with E-state index in [2.05, 4.69) is 58.9 Å². The Morgan fingerprint density at radius 3 is 0.882 bits per heavy atom. The maximum Gasteiger partial charge on any atom is 0.472 e. The first kappa shape index (κ1) is 90.5. The molecular formula is C74H140O17P2. The fraction of sp³-hybridized carbons (Fsp3) is 0.892. The van der Waals surface area contributed by atoms with Crippen molar-refractivity contribution in [1.29, 1.82) is 0 Å². The summed E-state index contributed by atoms with van der Waals surface area (Å²) in [5, 5.41) is 10.6. The number of ether oxygens (including phenoxy) is 4. The largest absolute Gasteiger partial charge is 0.472 e. The standard InChI is InChI=1S/C74H140O17P2/c1-6-9-12-15-18-21-23-25-27-28-29-30-32-34-36-39-44-49-54-59-73(78)90-69(63-85-72(77)58-53-48-43-38-35-33-31-26-24-22-19-16-13-10-7-2)65-88-92(80,81)86-61-68(75)62-87-93(82,83)89-66-70(64-84-71(76)57-52-47-42-37-20-17-14-11-8-3)91-74(79)60-55-50-45-40-41-46-51-56-67(4)5/h22,24,26,31,67-70,75H,6-21,23,25,27-30,32-66H2,1-5H3,(H,80,81)(H,82,83)/b24-22-,31-26-/t68-,69-,70-/m1/s1. The minimum atomic E-state index is -4.96. The second kappa shape index (κ2) is 66.8. The molecule has 0 aromatic rings. The van der Waals surface area contributed by atoms with Crippen molar-refractivity contribution in [3.8, 4) is 0 Å². The number of carbonyl (C=O) groups is 4. The van der Waals surface area contributed by atoms with Gasteiger partial charge in [-0.25, -0.2) is 9.13 Å². The molecule has 5 atom stereocenters. The third kappa shape index (κ3) is 67.9. The molecule has 93 heavy (non-hydrogen) atoms. The molecular weight excluding hydrogens is 1220 g/mol. The Morgan fingerprint density at radius 2 is 0.581 bits per heavy atom. The quantitative estimate of drug-likeness (QED) is 0.0169. The third-order valence-electron chi connectivity index (χ3n) is 16.7. The lowest BCUT2D eigenvalue weighted by molar-refractivity contribution is -0.161. The van der Waals surface area contributed by atoms with Crippen molar-refractivity contribution >= 4 is 39.5 Å². The molecule has 0 aromatic heterocycles. The zero-order valence-electron chi connectivity index (χ0n) is 59.9. The second-order valence-corrected chi connectivity index (χ2v) is 29.4. The molecule has 0 spiro atoms. The Hall–Kier alpha value is -2.46. The lowest BCUT2D eigenvalue weighted by Crippen LogP contribution is -2.30. The van der Waals surface area contributed by atoms with Gasteiger partial charge in [-0.2, -0.15) is 0 Å². The summed E-state index contributed by atoms with van der Waals surface area (Å²) < 4.78 is 68.3. The summed E-state index contributed by atoms with van der Waals surface area (Å²) in [6.07, 6.45) is 57.9. The van der Waals surface area contributed by atoms with Crippen molar-refractivity contribution in [3.63, 3.8) is 0 Å². The van der Waals surface area contributed by atoms with Crippen LogP contribution in [0.1, 0.15) is 362 Å². The molecule has 0 fully saturated rings. The van der Waals surface area contributed by atoms with Crippen LogP contribution in [0.5, 0.6) is 0 Å². The van der Waals surface area contributed by atoms with Gasteiger partial charge < -0.3 is 33.8 Å². The molecule has 3 N–H and O–H groups in total. The molecule has 0 rings (SSSR count). The van der Waals surface area contributed by atoms with Gasteiger partial charge in [0.2, 0.25) is 0 Å². The third-order valence-corrected chi connectivity index (χ3v) is 18.6. The smallest absolute Gasteiger partial charge is 0.462 e. The van der Waals surface area contributed by atoms with E-state index in [1.165, 1.54) is 167 Å². The van der Waals surface area contributed by atoms with E-state index < -0.39 is 97.5 Å². The topological polar surface area (TPSA) is 237 Å². The Labute approximate surface area is 567 Å². The predicted octanol–water partition coefficient (Wildman–Crippen LogP) is 21.2. The molecule has 0 aliphatic heterocycles. The number of rotatable bonds is 72. The number of aliphatic hydroxyl groups excluding tert-OH is 1. The zero-order valence-corrected chi connectivity index (χ0v) is 61.7. The van der Waals surface area contributed by atoms with Crippen LogP contribution in [0.2, 0.25) is 0 Å². The van der Waals surface area contributed by atoms with Crippen molar-refractivity contribution in [3.05, 3.63) is 24.3 Å². The normalized spacial score (nSPS) is 14.2. The van der Waals surface area contributed by atoms with Gasteiger partial charge in [0.05, 0.1) is 26.4 Å². The van der Waals surface area contributed by atoms with Crippen LogP contribution in [0, 0.1) is 5.92 Å². The number of allylic oxidation sites excluding steroid dienone is 4. The first-order chi connectivity index (χ1) is 45.0. The number of unbranched alkanes of at least 4 members (excludes halogenated alkanes) is 41. The summed E-state index contributed by atoms with van der Waals surface area (Å²) in [5.74, 6) is -1.46. The fourth-order valence-electron chi connectivity index (χ4n) is 10.8. The molecule has 0 heterocycles. The highest BCUT2D eigenvalue weighted by Crippen LogP contribution is 2.45. The van der Waals surface area contributed by atoms with Crippen LogP contribution in [0.15, 0.2) is 24.3 Å². The van der Waals surface area contributed by atoms with Crippen molar-refractivity contribution in [2.75, 3.05) is 39.6 Å². The first-order valence-corrected chi connectivity index (χ1v) is 40.9. The molecule has 17 nitrogen and oxygen atoms in total. The summed E-state index contributed by atoms with van der Waals surface area (Å²) in [4.78, 5) is 72.6. The zero-order chi connectivity index (χ0) is 68.4. The lowest BCUT2D eigenvalue weighted by Gasteiger charge is -2.21. The molecule has 19 heteroatoms. The van der Waals surface area contributed by atoms with Gasteiger partial charge in [0.15, 0.2) is 12.2 Å². The van der Waals surface area contributed by atoms with Crippen molar-refractivity contribution in [2.45, 2.75) is 380 Å². The van der Waals surface area contributed by atoms with E-state index in [9.17, 15) is 43.2 Å². The molecule has 0 saturated heterocycles. The second-order valence-electron chi connectivity index (χ2n) is 26.5. The Balaban J connectivity index is 5.24. The minimum Gasteiger partial charge on any atom is -0.462 e. The molecule has 0 aliphatic carbocycles. The fourth-order valence-corrected chi connectivity index (χ4v) is 12.4. The number of esters is 4. The SMILES string of the molecule is CCCCCC/C=C\C=C/CCCCCCCC(=O)OC[C@H](COP(=O)(O)OC[C@@H](O)COP(=O)(O)OC[C@@H](COC(=O)CCCCCCCCCCC)OC(=O)CCCCCCCCCC(C)C)OC(=O)CCCCCCCCCCCCCCCCCCCCC. The van der Waals surface area contributed by atoms with Gasteiger partial charge in [-0.05, 0) is 57.3 Å². The van der Waals surface area contributed by atoms with Crippen LogP contribution in [0.25, 0.3) is 0 Å². The average molecular weight is 1360 g/mol. The average Bonchev–Trinajstić information content (AvgIpc) is 3.16. The van der Waals surface area contributed by atoms with E-state index >= 15 is 0 Å². The summed E-state index contributed by atoms with van der Waals surface area (Å²) in [5.41, 5.74) is 0. The number of carbonyl (C=O) groups excluding carboxylic acids is 4. The van der Waals surface area contributed by atoms with E-state index in [1.807, 2.05) is 0 Å². The highest BCUT2D eigenvalue weighted by molar-refractivity contribution is 7.47. The van der Waals surface area contributed by atoms with Gasteiger partial charge in [-0.15, -0.1) is 0 Å². The van der Waals surface area contributed by atoms with Crippen LogP contribution in [-0.4, -0.2) is 96.7 Å². The van der Waals surface area contributed by atoms with Gasteiger partial charge in [0.1, 0.15) is 19.3 Å². The van der Waals surface area contributed by atoms with Gasteiger partial charge >= 0.3 is 39.5 Å².